The zero-order valence-electron chi connectivity index (χ0n) is 17.5. The molecule has 1 heterocycles. The molecule has 7 heteroatoms. The molecule has 1 saturated heterocycles. The van der Waals surface area contributed by atoms with Gasteiger partial charge in [-0.1, -0.05) is 42.0 Å². The molecular formula is C24H25NO6. The van der Waals surface area contributed by atoms with Gasteiger partial charge in [-0.15, -0.1) is 0 Å². The van der Waals surface area contributed by atoms with Gasteiger partial charge in [0.15, 0.2) is 0 Å². The van der Waals surface area contributed by atoms with Crippen molar-refractivity contribution in [1.82, 2.24) is 4.90 Å². The average Bonchev–Trinajstić information content (AvgIpc) is 2.99. The number of carbonyl (C=O) groups excluding carboxylic acids is 2. The molecule has 0 bridgehead atoms. The molecule has 1 unspecified atom stereocenters. The maximum atomic E-state index is 12.9. The van der Waals surface area contributed by atoms with Gasteiger partial charge in [0, 0.05) is 18.5 Å². The monoisotopic (exact) mass is 423 g/mol. The van der Waals surface area contributed by atoms with Gasteiger partial charge in [0.25, 0.3) is 11.7 Å². The van der Waals surface area contributed by atoms with Crippen LogP contribution in [0, 0.1) is 6.92 Å². The number of aliphatic carboxylic acids is 1. The zero-order chi connectivity index (χ0) is 22.5. The van der Waals surface area contributed by atoms with E-state index < -0.39 is 23.7 Å². The fourth-order valence-corrected chi connectivity index (χ4v) is 3.64. The number of benzene rings is 2. The molecule has 31 heavy (non-hydrogen) atoms. The highest BCUT2D eigenvalue weighted by atomic mass is 16.5. The van der Waals surface area contributed by atoms with Gasteiger partial charge in [0.05, 0.1) is 18.2 Å². The standard InChI is InChI=1S/C24H25NO6/c1-3-31-18-12-10-16(11-13-18)21-20(22(28)17-8-6-15(2)7-9-17)23(29)24(30)25(21)14-4-5-19(26)27/h6-13,21,28H,3-5,14H2,1-2H3,(H,26,27). The molecule has 1 fully saturated rings. The van der Waals surface area contributed by atoms with Crippen LogP contribution in [-0.2, 0) is 14.4 Å². The second-order valence-corrected chi connectivity index (χ2v) is 7.36. The van der Waals surface area contributed by atoms with Gasteiger partial charge in [0.1, 0.15) is 11.5 Å². The van der Waals surface area contributed by atoms with Crippen molar-refractivity contribution in [3.05, 3.63) is 70.8 Å². The number of aliphatic hydroxyl groups excluding tert-OH is 1. The Kier molecular flexibility index (Phi) is 6.74. The molecule has 0 aliphatic carbocycles. The number of ether oxygens (including phenoxy) is 1. The van der Waals surface area contributed by atoms with E-state index in [9.17, 15) is 19.5 Å². The summed E-state index contributed by atoms with van der Waals surface area (Å²) in [6, 6.07) is 13.2. The number of carbonyl (C=O) groups is 3. The number of nitrogens with zero attached hydrogens (tertiary/aromatic N) is 1. The number of aryl methyl sites for hydroxylation is 1. The minimum absolute atomic E-state index is 0.00617. The largest absolute Gasteiger partial charge is 0.507 e. The normalized spacial score (nSPS) is 17.7. The molecule has 0 aromatic heterocycles. The molecule has 2 aromatic rings. The second kappa shape index (κ2) is 9.47. The van der Waals surface area contributed by atoms with E-state index in [0.29, 0.717) is 23.5 Å². The van der Waals surface area contributed by atoms with Crippen LogP contribution in [0.1, 0.15) is 42.5 Å². The summed E-state index contributed by atoms with van der Waals surface area (Å²) < 4.78 is 5.46. The van der Waals surface area contributed by atoms with E-state index in [2.05, 4.69) is 0 Å². The third kappa shape index (κ3) is 4.77. The van der Waals surface area contributed by atoms with Crippen LogP contribution >= 0.6 is 0 Å². The Bertz CT molecular complexity index is 1010. The number of hydrogen-bond acceptors (Lipinski definition) is 5. The number of carboxylic acid groups (broad SMARTS) is 1. The molecule has 0 spiro atoms. The topological polar surface area (TPSA) is 104 Å². The van der Waals surface area contributed by atoms with Crippen LogP contribution < -0.4 is 4.74 Å². The summed E-state index contributed by atoms with van der Waals surface area (Å²) in [7, 11) is 0. The average molecular weight is 423 g/mol. The highest BCUT2D eigenvalue weighted by Crippen LogP contribution is 2.40. The van der Waals surface area contributed by atoms with Crippen LogP contribution in [0.25, 0.3) is 5.76 Å². The number of ketones is 1. The van der Waals surface area contributed by atoms with Crippen molar-refractivity contribution in [2.24, 2.45) is 0 Å². The summed E-state index contributed by atoms with van der Waals surface area (Å²) in [5, 5.41) is 19.9. The molecule has 1 amide bonds. The molecule has 0 saturated carbocycles. The maximum Gasteiger partial charge on any atom is 0.303 e. The van der Waals surface area contributed by atoms with E-state index in [4.69, 9.17) is 9.84 Å². The first-order valence-corrected chi connectivity index (χ1v) is 10.1. The fourth-order valence-electron chi connectivity index (χ4n) is 3.64. The summed E-state index contributed by atoms with van der Waals surface area (Å²) in [6.45, 7) is 4.36. The Morgan fingerprint density at radius 1 is 1.03 bits per heavy atom. The van der Waals surface area contributed by atoms with E-state index in [1.54, 1.807) is 36.4 Å². The molecule has 3 rings (SSSR count). The third-order valence-electron chi connectivity index (χ3n) is 5.16. The highest BCUT2D eigenvalue weighted by Gasteiger charge is 2.45. The van der Waals surface area contributed by atoms with Crippen LogP contribution in [0.4, 0.5) is 0 Å². The maximum absolute atomic E-state index is 12.9. The third-order valence-corrected chi connectivity index (χ3v) is 5.16. The quantitative estimate of drug-likeness (QED) is 0.381. The van der Waals surface area contributed by atoms with Crippen molar-refractivity contribution in [1.29, 1.82) is 0 Å². The van der Waals surface area contributed by atoms with E-state index in [-0.39, 0.29) is 30.7 Å². The number of rotatable bonds is 8. The van der Waals surface area contributed by atoms with Crippen molar-refractivity contribution >= 4 is 23.4 Å². The Morgan fingerprint density at radius 2 is 1.68 bits per heavy atom. The predicted octanol–water partition coefficient (Wildman–Crippen LogP) is 3.68. The van der Waals surface area contributed by atoms with Crippen molar-refractivity contribution in [3.8, 4) is 5.75 Å². The van der Waals surface area contributed by atoms with Gasteiger partial charge in [0.2, 0.25) is 0 Å². The number of carboxylic acids is 1. The van der Waals surface area contributed by atoms with Crippen LogP contribution in [0.3, 0.4) is 0 Å². The van der Waals surface area contributed by atoms with Gasteiger partial charge in [-0.3, -0.25) is 14.4 Å². The van der Waals surface area contributed by atoms with E-state index >= 15 is 0 Å². The molecular weight excluding hydrogens is 398 g/mol. The lowest BCUT2D eigenvalue weighted by Gasteiger charge is -2.25. The Morgan fingerprint density at radius 3 is 2.26 bits per heavy atom. The fraction of sp³-hybridized carbons (Fsp3) is 0.292. The summed E-state index contributed by atoms with van der Waals surface area (Å²) >= 11 is 0. The molecule has 1 atom stereocenters. The van der Waals surface area contributed by atoms with Crippen molar-refractivity contribution in [2.45, 2.75) is 32.7 Å². The summed E-state index contributed by atoms with van der Waals surface area (Å²) in [5.41, 5.74) is 2.05. The smallest absolute Gasteiger partial charge is 0.303 e. The van der Waals surface area contributed by atoms with Gasteiger partial charge in [-0.2, -0.15) is 0 Å². The lowest BCUT2D eigenvalue weighted by atomic mass is 9.95. The van der Waals surface area contributed by atoms with Crippen molar-refractivity contribution in [3.63, 3.8) is 0 Å². The first kappa shape index (κ1) is 22.1. The second-order valence-electron chi connectivity index (χ2n) is 7.36. The SMILES string of the molecule is CCOc1ccc(C2C(=C(O)c3ccc(C)cc3)C(=O)C(=O)N2CCCC(=O)O)cc1. The lowest BCUT2D eigenvalue weighted by molar-refractivity contribution is -0.140. The number of hydrogen-bond donors (Lipinski definition) is 2. The molecule has 1 aliphatic rings. The Balaban J connectivity index is 2.06. The molecule has 1 aliphatic heterocycles. The molecule has 7 nitrogen and oxygen atoms in total. The molecule has 2 aromatic carbocycles. The Hall–Kier alpha value is -3.61. The Labute approximate surface area is 180 Å². The summed E-state index contributed by atoms with van der Waals surface area (Å²) in [6.07, 6.45) is 0.0669. The van der Waals surface area contributed by atoms with Gasteiger partial charge in [-0.25, -0.2) is 0 Å². The predicted molar refractivity (Wildman–Crippen MR) is 115 cm³/mol. The lowest BCUT2D eigenvalue weighted by Crippen LogP contribution is -2.31. The van der Waals surface area contributed by atoms with Crippen LogP contribution in [-0.4, -0.2) is 45.9 Å². The van der Waals surface area contributed by atoms with Crippen LogP contribution in [0.5, 0.6) is 5.75 Å². The summed E-state index contributed by atoms with van der Waals surface area (Å²) in [5.74, 6) is -2.12. The van der Waals surface area contributed by atoms with E-state index in [1.807, 2.05) is 26.0 Å². The van der Waals surface area contributed by atoms with Crippen LogP contribution in [0.2, 0.25) is 0 Å². The first-order chi connectivity index (χ1) is 14.8. The van der Waals surface area contributed by atoms with Gasteiger partial charge in [-0.05, 0) is 38.0 Å². The van der Waals surface area contributed by atoms with Crippen molar-refractivity contribution in [2.75, 3.05) is 13.2 Å². The minimum atomic E-state index is -0.978. The van der Waals surface area contributed by atoms with Gasteiger partial charge >= 0.3 is 5.97 Å². The number of aliphatic hydroxyl groups is 1. The zero-order valence-corrected chi connectivity index (χ0v) is 17.5. The number of amides is 1. The minimum Gasteiger partial charge on any atom is -0.507 e. The van der Waals surface area contributed by atoms with Gasteiger partial charge < -0.3 is 19.8 Å². The molecule has 162 valence electrons. The molecule has 2 N–H and O–H groups in total. The first-order valence-electron chi connectivity index (χ1n) is 10.1. The van der Waals surface area contributed by atoms with E-state index in [0.717, 1.165) is 5.56 Å². The highest BCUT2D eigenvalue weighted by molar-refractivity contribution is 6.46. The number of likely N-dealkylation sites (tertiary alicyclic amines) is 1. The number of Topliss-reactive ketones (excluding diaryl/α,β-unsaturated/α-hetero) is 1. The van der Waals surface area contributed by atoms with Crippen molar-refractivity contribution < 1.29 is 29.3 Å². The van der Waals surface area contributed by atoms with Crippen LogP contribution in [0.15, 0.2) is 54.1 Å². The van der Waals surface area contributed by atoms with E-state index in [1.165, 1.54) is 4.90 Å². The molecule has 0 radical (unpaired) electrons. The summed E-state index contributed by atoms with van der Waals surface area (Å²) in [4.78, 5) is 37.9.